The number of amides is 1. The summed E-state index contributed by atoms with van der Waals surface area (Å²) in [5.74, 6) is 0.997. The Hall–Kier alpha value is -1.25. The maximum Gasteiger partial charge on any atom is 0.226 e. The molecule has 2 atom stereocenters. The van der Waals surface area contributed by atoms with Gasteiger partial charge in [0.1, 0.15) is 5.76 Å². The largest absolute Gasteiger partial charge is 0.467 e. The lowest BCUT2D eigenvalue weighted by Crippen LogP contribution is -2.56. The Labute approximate surface area is 83.5 Å². The molecular formula is C11H15NO2. The van der Waals surface area contributed by atoms with E-state index in [2.05, 4.69) is 26.1 Å². The number of rotatable bonds is 1. The SMILES string of the molecule is CC(C)(C)C1C(=O)NC1c1ccco1. The molecule has 0 bridgehead atoms. The van der Waals surface area contributed by atoms with Crippen molar-refractivity contribution in [1.29, 1.82) is 0 Å². The summed E-state index contributed by atoms with van der Waals surface area (Å²) in [6.45, 7) is 6.23. The molecule has 2 rings (SSSR count). The third kappa shape index (κ3) is 1.33. The van der Waals surface area contributed by atoms with Crippen LogP contribution in [0, 0.1) is 11.3 Å². The molecule has 2 unspecified atom stereocenters. The normalized spacial score (nSPS) is 26.9. The first-order chi connectivity index (χ1) is 6.50. The molecule has 0 radical (unpaired) electrons. The van der Waals surface area contributed by atoms with Gasteiger partial charge in [-0.3, -0.25) is 4.79 Å². The molecule has 1 aromatic rings. The first-order valence-corrected chi connectivity index (χ1v) is 4.84. The minimum atomic E-state index is -0.0141. The lowest BCUT2D eigenvalue weighted by Gasteiger charge is -2.43. The third-order valence-corrected chi connectivity index (χ3v) is 2.70. The van der Waals surface area contributed by atoms with Crippen LogP contribution in [-0.4, -0.2) is 5.91 Å². The summed E-state index contributed by atoms with van der Waals surface area (Å²) in [7, 11) is 0. The fourth-order valence-electron chi connectivity index (χ4n) is 1.98. The van der Waals surface area contributed by atoms with E-state index in [9.17, 15) is 4.79 Å². The van der Waals surface area contributed by atoms with Crippen LogP contribution in [0.5, 0.6) is 0 Å². The Bertz CT molecular complexity index is 335. The second-order valence-corrected chi connectivity index (χ2v) is 4.85. The van der Waals surface area contributed by atoms with Crippen LogP contribution in [0.15, 0.2) is 22.8 Å². The summed E-state index contributed by atoms with van der Waals surface area (Å²) < 4.78 is 5.30. The van der Waals surface area contributed by atoms with E-state index in [-0.39, 0.29) is 23.3 Å². The van der Waals surface area contributed by atoms with Gasteiger partial charge in [-0.15, -0.1) is 0 Å². The lowest BCUT2D eigenvalue weighted by atomic mass is 9.70. The standard InChI is InChI=1S/C11H15NO2/c1-11(2,3)8-9(12-10(8)13)7-5-4-6-14-7/h4-6,8-9H,1-3H3,(H,12,13). The van der Waals surface area contributed by atoms with Crippen LogP contribution in [0.4, 0.5) is 0 Å². The van der Waals surface area contributed by atoms with E-state index in [4.69, 9.17) is 4.42 Å². The lowest BCUT2D eigenvalue weighted by molar-refractivity contribution is -0.141. The van der Waals surface area contributed by atoms with Crippen molar-refractivity contribution >= 4 is 5.91 Å². The van der Waals surface area contributed by atoms with Gasteiger partial charge in [0.25, 0.3) is 0 Å². The van der Waals surface area contributed by atoms with Crippen molar-refractivity contribution in [3.05, 3.63) is 24.2 Å². The van der Waals surface area contributed by atoms with Crippen molar-refractivity contribution in [1.82, 2.24) is 5.32 Å². The highest BCUT2D eigenvalue weighted by molar-refractivity contribution is 5.86. The fraction of sp³-hybridized carbons (Fsp3) is 0.545. The highest BCUT2D eigenvalue weighted by Crippen LogP contribution is 2.42. The fourth-order valence-corrected chi connectivity index (χ4v) is 1.98. The topological polar surface area (TPSA) is 42.2 Å². The number of carbonyl (C=O) groups is 1. The van der Waals surface area contributed by atoms with Gasteiger partial charge >= 0.3 is 0 Å². The molecule has 1 aliphatic rings. The Balaban J connectivity index is 2.21. The van der Waals surface area contributed by atoms with Crippen LogP contribution in [0.3, 0.4) is 0 Å². The highest BCUT2D eigenvalue weighted by Gasteiger charge is 2.48. The van der Waals surface area contributed by atoms with Gasteiger partial charge in [-0.05, 0) is 17.5 Å². The molecule has 0 spiro atoms. The number of hydrogen-bond donors (Lipinski definition) is 1. The van der Waals surface area contributed by atoms with E-state index in [0.717, 1.165) is 5.76 Å². The van der Waals surface area contributed by atoms with Gasteiger partial charge in [-0.2, -0.15) is 0 Å². The van der Waals surface area contributed by atoms with E-state index >= 15 is 0 Å². The van der Waals surface area contributed by atoms with E-state index in [1.807, 2.05) is 12.1 Å². The molecule has 1 N–H and O–H groups in total. The minimum absolute atomic E-state index is 0.0141. The zero-order valence-electron chi connectivity index (χ0n) is 8.70. The maximum atomic E-state index is 11.4. The smallest absolute Gasteiger partial charge is 0.226 e. The van der Waals surface area contributed by atoms with E-state index in [1.54, 1.807) is 6.26 Å². The molecule has 1 saturated heterocycles. The summed E-state index contributed by atoms with van der Waals surface area (Å²) in [4.78, 5) is 11.4. The van der Waals surface area contributed by atoms with Crippen LogP contribution in [0.25, 0.3) is 0 Å². The highest BCUT2D eigenvalue weighted by atomic mass is 16.3. The Morgan fingerprint density at radius 1 is 1.43 bits per heavy atom. The first kappa shape index (κ1) is 9.31. The van der Waals surface area contributed by atoms with Gasteiger partial charge in [0.2, 0.25) is 5.91 Å². The number of furan rings is 1. The quantitative estimate of drug-likeness (QED) is 0.694. The summed E-state index contributed by atoms with van der Waals surface area (Å²) in [6, 6.07) is 3.81. The van der Waals surface area contributed by atoms with Crippen LogP contribution < -0.4 is 5.32 Å². The van der Waals surface area contributed by atoms with Gasteiger partial charge in [-0.1, -0.05) is 20.8 Å². The Morgan fingerprint density at radius 2 is 2.14 bits per heavy atom. The number of nitrogens with one attached hydrogen (secondary N) is 1. The van der Waals surface area contributed by atoms with Gasteiger partial charge in [0, 0.05) is 0 Å². The average molecular weight is 193 g/mol. The van der Waals surface area contributed by atoms with Crippen LogP contribution in [0.2, 0.25) is 0 Å². The average Bonchev–Trinajstić information content (AvgIpc) is 2.47. The summed E-state index contributed by atoms with van der Waals surface area (Å²) in [6.07, 6.45) is 1.64. The van der Waals surface area contributed by atoms with Gasteiger partial charge < -0.3 is 9.73 Å². The minimum Gasteiger partial charge on any atom is -0.467 e. The number of hydrogen-bond acceptors (Lipinski definition) is 2. The van der Waals surface area contributed by atoms with Crippen molar-refractivity contribution in [3.63, 3.8) is 0 Å². The molecule has 1 amide bonds. The van der Waals surface area contributed by atoms with Crippen LogP contribution >= 0.6 is 0 Å². The van der Waals surface area contributed by atoms with E-state index < -0.39 is 0 Å². The molecule has 3 nitrogen and oxygen atoms in total. The molecular weight excluding hydrogens is 178 g/mol. The molecule has 76 valence electrons. The van der Waals surface area contributed by atoms with Crippen LogP contribution in [-0.2, 0) is 4.79 Å². The Kier molecular flexibility index (Phi) is 1.91. The zero-order chi connectivity index (χ0) is 10.3. The van der Waals surface area contributed by atoms with Crippen molar-refractivity contribution in [2.45, 2.75) is 26.8 Å². The first-order valence-electron chi connectivity index (χ1n) is 4.84. The third-order valence-electron chi connectivity index (χ3n) is 2.70. The summed E-state index contributed by atoms with van der Waals surface area (Å²) in [5.41, 5.74) is -0.0141. The molecule has 0 aromatic carbocycles. The molecule has 0 saturated carbocycles. The van der Waals surface area contributed by atoms with E-state index in [0.29, 0.717) is 0 Å². The number of β-lactam (4-membered cyclic amide) rings is 1. The predicted molar refractivity (Wildman–Crippen MR) is 52.5 cm³/mol. The van der Waals surface area contributed by atoms with Gasteiger partial charge in [0.05, 0.1) is 18.2 Å². The van der Waals surface area contributed by atoms with Gasteiger partial charge in [-0.25, -0.2) is 0 Å². The summed E-state index contributed by atoms with van der Waals surface area (Å²) >= 11 is 0. The van der Waals surface area contributed by atoms with Crippen molar-refractivity contribution in [2.75, 3.05) is 0 Å². The second-order valence-electron chi connectivity index (χ2n) is 4.85. The predicted octanol–water partition coefficient (Wildman–Crippen LogP) is 2.11. The maximum absolute atomic E-state index is 11.4. The van der Waals surface area contributed by atoms with Gasteiger partial charge in [0.15, 0.2) is 0 Å². The molecule has 1 aliphatic heterocycles. The summed E-state index contributed by atoms with van der Waals surface area (Å²) in [5, 5.41) is 2.87. The second kappa shape index (κ2) is 2.87. The van der Waals surface area contributed by atoms with Crippen molar-refractivity contribution in [3.8, 4) is 0 Å². The van der Waals surface area contributed by atoms with Crippen molar-refractivity contribution in [2.24, 2.45) is 11.3 Å². The Morgan fingerprint density at radius 3 is 2.57 bits per heavy atom. The zero-order valence-corrected chi connectivity index (χ0v) is 8.70. The molecule has 1 aromatic heterocycles. The molecule has 0 aliphatic carbocycles. The molecule has 14 heavy (non-hydrogen) atoms. The molecule has 1 fully saturated rings. The molecule has 3 heteroatoms. The van der Waals surface area contributed by atoms with Crippen molar-refractivity contribution < 1.29 is 9.21 Å². The molecule has 2 heterocycles. The van der Waals surface area contributed by atoms with E-state index in [1.165, 1.54) is 0 Å². The number of carbonyl (C=O) groups excluding carboxylic acids is 1. The monoisotopic (exact) mass is 193 g/mol. The van der Waals surface area contributed by atoms with Crippen LogP contribution in [0.1, 0.15) is 32.6 Å².